The Bertz CT molecular complexity index is 673. The van der Waals surface area contributed by atoms with Gasteiger partial charge in [-0.05, 0) is 6.42 Å². The molecule has 7 nitrogen and oxygen atoms in total. The molecule has 3 rings (SSSR count). The van der Waals surface area contributed by atoms with Gasteiger partial charge in [0.15, 0.2) is 0 Å². The van der Waals surface area contributed by atoms with E-state index in [1.54, 1.807) is 51.8 Å². The molecule has 2 heterocycles. The Morgan fingerprint density at radius 3 is 2.38 bits per heavy atom. The van der Waals surface area contributed by atoms with Crippen LogP contribution in [0.2, 0.25) is 0 Å². The van der Waals surface area contributed by atoms with Crippen molar-refractivity contribution in [2.24, 2.45) is 0 Å². The molecule has 7 heteroatoms. The van der Waals surface area contributed by atoms with Crippen LogP contribution in [0.1, 0.15) is 6.42 Å². The lowest BCUT2D eigenvalue weighted by Crippen LogP contribution is -2.24. The maximum atomic E-state index is 5.85. The third-order valence-corrected chi connectivity index (χ3v) is 3.93. The lowest BCUT2D eigenvalue weighted by molar-refractivity contribution is 0.121. The number of aromatic nitrogens is 2. The number of rotatable bonds is 6. The molecule has 1 saturated heterocycles. The van der Waals surface area contributed by atoms with Gasteiger partial charge in [0, 0.05) is 50.7 Å². The molecule has 24 heavy (non-hydrogen) atoms. The van der Waals surface area contributed by atoms with Gasteiger partial charge in [0.25, 0.3) is 0 Å². The molecule has 0 unspecified atom stereocenters. The highest BCUT2D eigenvalue weighted by atomic mass is 16.5. The van der Waals surface area contributed by atoms with Crippen LogP contribution in [0.15, 0.2) is 30.5 Å². The quantitative estimate of drug-likeness (QED) is 0.805. The van der Waals surface area contributed by atoms with E-state index in [0.29, 0.717) is 29.1 Å². The third-order valence-electron chi connectivity index (χ3n) is 3.93. The van der Waals surface area contributed by atoms with E-state index in [0.717, 1.165) is 19.5 Å². The van der Waals surface area contributed by atoms with Gasteiger partial charge in [-0.1, -0.05) is 0 Å². The van der Waals surface area contributed by atoms with Gasteiger partial charge in [0.1, 0.15) is 17.2 Å². The van der Waals surface area contributed by atoms with Crippen LogP contribution >= 0.6 is 0 Å². The van der Waals surface area contributed by atoms with Crippen molar-refractivity contribution in [1.82, 2.24) is 9.97 Å². The van der Waals surface area contributed by atoms with Crippen LogP contribution in [0.3, 0.4) is 0 Å². The van der Waals surface area contributed by atoms with E-state index in [1.807, 2.05) is 0 Å². The monoisotopic (exact) mass is 331 g/mol. The SMILES string of the molecule is COc1cc(OC)cc(Oc2ccnc(N3CC[C@@H](OC)C3)n2)c1. The third kappa shape index (κ3) is 3.68. The first-order valence-corrected chi connectivity index (χ1v) is 7.73. The summed E-state index contributed by atoms with van der Waals surface area (Å²) in [7, 11) is 4.92. The summed E-state index contributed by atoms with van der Waals surface area (Å²) in [6.07, 6.45) is 2.88. The molecular weight excluding hydrogens is 310 g/mol. The van der Waals surface area contributed by atoms with Gasteiger partial charge in [0.2, 0.25) is 11.8 Å². The van der Waals surface area contributed by atoms with Crippen LogP contribution < -0.4 is 19.1 Å². The second-order valence-electron chi connectivity index (χ2n) is 5.44. The van der Waals surface area contributed by atoms with Crippen molar-refractivity contribution in [1.29, 1.82) is 0 Å². The standard InChI is InChI=1S/C17H21N3O4/c1-21-12-5-7-20(11-12)17-18-6-4-16(19-17)24-15-9-13(22-2)8-14(10-15)23-3/h4,6,8-10,12H,5,7,11H2,1-3H3/t12-/m1/s1. The molecule has 0 saturated carbocycles. The summed E-state index contributed by atoms with van der Waals surface area (Å²) in [5, 5.41) is 0. The maximum absolute atomic E-state index is 5.85. The molecular formula is C17H21N3O4. The van der Waals surface area contributed by atoms with Crippen molar-refractivity contribution >= 4 is 5.95 Å². The van der Waals surface area contributed by atoms with Crippen LogP contribution in [0.25, 0.3) is 0 Å². The van der Waals surface area contributed by atoms with Crippen molar-refractivity contribution in [3.05, 3.63) is 30.5 Å². The average molecular weight is 331 g/mol. The summed E-state index contributed by atoms with van der Waals surface area (Å²) >= 11 is 0. The first-order chi connectivity index (χ1) is 11.7. The first kappa shape index (κ1) is 16.3. The summed E-state index contributed by atoms with van der Waals surface area (Å²) in [4.78, 5) is 10.9. The number of anilines is 1. The van der Waals surface area contributed by atoms with Crippen LogP contribution in [0.4, 0.5) is 5.95 Å². The number of methoxy groups -OCH3 is 3. The number of benzene rings is 1. The molecule has 0 N–H and O–H groups in total. The predicted octanol–water partition coefficient (Wildman–Crippen LogP) is 2.51. The first-order valence-electron chi connectivity index (χ1n) is 7.73. The number of nitrogens with zero attached hydrogens (tertiary/aromatic N) is 3. The molecule has 1 aliphatic rings. The predicted molar refractivity (Wildman–Crippen MR) is 89.3 cm³/mol. The minimum atomic E-state index is 0.223. The Hall–Kier alpha value is -2.54. The number of ether oxygens (including phenoxy) is 4. The van der Waals surface area contributed by atoms with Crippen molar-refractivity contribution in [2.75, 3.05) is 39.3 Å². The van der Waals surface area contributed by atoms with Gasteiger partial charge < -0.3 is 23.8 Å². The highest BCUT2D eigenvalue weighted by molar-refractivity contribution is 5.44. The Kier molecular flexibility index (Phi) is 5.00. The molecule has 128 valence electrons. The van der Waals surface area contributed by atoms with Crippen LogP contribution in [0, 0.1) is 0 Å². The smallest absolute Gasteiger partial charge is 0.228 e. The Labute approximate surface area is 141 Å². The van der Waals surface area contributed by atoms with Crippen LogP contribution in [-0.4, -0.2) is 50.5 Å². The van der Waals surface area contributed by atoms with Gasteiger partial charge in [-0.3, -0.25) is 0 Å². The van der Waals surface area contributed by atoms with Crippen molar-refractivity contribution in [3.8, 4) is 23.1 Å². The van der Waals surface area contributed by atoms with E-state index < -0.39 is 0 Å². The van der Waals surface area contributed by atoms with Gasteiger partial charge in [0.05, 0.1) is 20.3 Å². The normalized spacial score (nSPS) is 17.0. The van der Waals surface area contributed by atoms with Crippen molar-refractivity contribution < 1.29 is 18.9 Å². The number of hydrogen-bond donors (Lipinski definition) is 0. The summed E-state index contributed by atoms with van der Waals surface area (Å²) in [5.74, 6) is 3.01. The molecule has 0 amide bonds. The highest BCUT2D eigenvalue weighted by Gasteiger charge is 2.24. The lowest BCUT2D eigenvalue weighted by atomic mass is 10.3. The fourth-order valence-electron chi connectivity index (χ4n) is 2.60. The molecule has 1 aromatic heterocycles. The largest absolute Gasteiger partial charge is 0.496 e. The van der Waals surface area contributed by atoms with Gasteiger partial charge >= 0.3 is 0 Å². The van der Waals surface area contributed by atoms with E-state index in [4.69, 9.17) is 18.9 Å². The summed E-state index contributed by atoms with van der Waals surface area (Å²) in [5.41, 5.74) is 0. The molecule has 0 spiro atoms. The van der Waals surface area contributed by atoms with E-state index in [-0.39, 0.29) is 6.10 Å². The van der Waals surface area contributed by atoms with E-state index in [1.165, 1.54) is 0 Å². The highest BCUT2D eigenvalue weighted by Crippen LogP contribution is 2.30. The van der Waals surface area contributed by atoms with Gasteiger partial charge in [-0.25, -0.2) is 4.98 Å². The zero-order valence-electron chi connectivity index (χ0n) is 14.1. The Morgan fingerprint density at radius 2 is 1.75 bits per heavy atom. The van der Waals surface area contributed by atoms with Crippen molar-refractivity contribution in [3.63, 3.8) is 0 Å². The minimum Gasteiger partial charge on any atom is -0.496 e. The molecule has 0 bridgehead atoms. The number of hydrogen-bond acceptors (Lipinski definition) is 7. The van der Waals surface area contributed by atoms with Crippen molar-refractivity contribution in [2.45, 2.75) is 12.5 Å². The topological polar surface area (TPSA) is 65.9 Å². The average Bonchev–Trinajstić information content (AvgIpc) is 3.11. The maximum Gasteiger partial charge on any atom is 0.228 e. The fraction of sp³-hybridized carbons (Fsp3) is 0.412. The molecule has 1 aromatic carbocycles. The summed E-state index contributed by atoms with van der Waals surface area (Å²) in [6, 6.07) is 7.06. The van der Waals surface area contributed by atoms with Gasteiger partial charge in [-0.15, -0.1) is 0 Å². The summed E-state index contributed by atoms with van der Waals surface area (Å²) < 4.78 is 21.7. The molecule has 1 atom stereocenters. The minimum absolute atomic E-state index is 0.223. The molecule has 2 aromatic rings. The zero-order valence-corrected chi connectivity index (χ0v) is 14.1. The van der Waals surface area contributed by atoms with Crippen LogP contribution in [0.5, 0.6) is 23.1 Å². The zero-order chi connectivity index (χ0) is 16.9. The van der Waals surface area contributed by atoms with E-state index in [9.17, 15) is 0 Å². The van der Waals surface area contributed by atoms with Gasteiger partial charge in [-0.2, -0.15) is 4.98 Å². The summed E-state index contributed by atoms with van der Waals surface area (Å²) in [6.45, 7) is 1.65. The molecule has 0 radical (unpaired) electrons. The lowest BCUT2D eigenvalue weighted by Gasteiger charge is -2.16. The molecule has 0 aliphatic carbocycles. The second-order valence-corrected chi connectivity index (χ2v) is 5.44. The molecule has 1 fully saturated rings. The van der Waals surface area contributed by atoms with E-state index >= 15 is 0 Å². The van der Waals surface area contributed by atoms with Crippen LogP contribution in [-0.2, 0) is 4.74 Å². The fourth-order valence-corrected chi connectivity index (χ4v) is 2.60. The molecule has 1 aliphatic heterocycles. The Balaban J connectivity index is 1.77. The Morgan fingerprint density at radius 1 is 1.04 bits per heavy atom. The second kappa shape index (κ2) is 7.35. The van der Waals surface area contributed by atoms with E-state index in [2.05, 4.69) is 14.9 Å².